The highest BCUT2D eigenvalue weighted by atomic mass is 19.3. The first-order chi connectivity index (χ1) is 7.50. The van der Waals surface area contributed by atoms with Crippen LogP contribution >= 0.6 is 0 Å². The molecule has 4 heteroatoms. The Kier molecular flexibility index (Phi) is 2.93. The van der Waals surface area contributed by atoms with Crippen LogP contribution in [-0.4, -0.2) is 19.0 Å². The molecular weight excluding hydrogens is 214 g/mol. The van der Waals surface area contributed by atoms with Crippen molar-refractivity contribution in [2.75, 3.05) is 7.11 Å². The average molecular weight is 232 g/mol. The summed E-state index contributed by atoms with van der Waals surface area (Å²) in [4.78, 5) is 11.8. The predicted molar refractivity (Wildman–Crippen MR) is 55.2 cm³/mol. The van der Waals surface area contributed by atoms with Gasteiger partial charge in [0.25, 0.3) is 0 Å². The second-order valence-electron chi connectivity index (χ2n) is 5.13. The number of carbonyl (C=O) groups excluding carboxylic acids is 1. The molecule has 2 fully saturated rings. The van der Waals surface area contributed by atoms with Gasteiger partial charge in [-0.25, -0.2) is 8.78 Å². The molecule has 16 heavy (non-hydrogen) atoms. The number of carbonyl (C=O) groups is 1. The second kappa shape index (κ2) is 3.97. The van der Waals surface area contributed by atoms with Crippen molar-refractivity contribution in [1.29, 1.82) is 0 Å². The van der Waals surface area contributed by atoms with Gasteiger partial charge in [0, 0.05) is 12.8 Å². The van der Waals surface area contributed by atoms with Gasteiger partial charge in [0.05, 0.1) is 12.5 Å². The van der Waals surface area contributed by atoms with Gasteiger partial charge in [0.1, 0.15) is 0 Å². The van der Waals surface area contributed by atoms with Crippen LogP contribution in [0.15, 0.2) is 0 Å². The Bertz CT molecular complexity index is 275. The molecule has 2 aliphatic rings. The van der Waals surface area contributed by atoms with E-state index < -0.39 is 11.3 Å². The van der Waals surface area contributed by atoms with Crippen LogP contribution in [0.5, 0.6) is 0 Å². The van der Waals surface area contributed by atoms with Gasteiger partial charge in [0.2, 0.25) is 5.92 Å². The summed E-state index contributed by atoms with van der Waals surface area (Å²) in [6.07, 6.45) is 3.42. The molecule has 0 amide bonds. The molecule has 0 aromatic heterocycles. The zero-order chi connectivity index (χ0) is 11.8. The molecule has 2 nitrogen and oxygen atoms in total. The molecule has 0 radical (unpaired) electrons. The van der Waals surface area contributed by atoms with E-state index in [1.807, 2.05) is 0 Å². The largest absolute Gasteiger partial charge is 0.469 e. The summed E-state index contributed by atoms with van der Waals surface area (Å²) in [5.74, 6) is -2.60. The minimum Gasteiger partial charge on any atom is -0.469 e. The molecule has 0 atom stereocenters. The Morgan fingerprint density at radius 3 is 2.12 bits per heavy atom. The zero-order valence-electron chi connectivity index (χ0n) is 9.60. The van der Waals surface area contributed by atoms with Crippen LogP contribution in [0.4, 0.5) is 8.78 Å². The molecule has 0 aromatic rings. The fourth-order valence-corrected chi connectivity index (χ4v) is 3.13. The first-order valence-corrected chi connectivity index (χ1v) is 5.96. The van der Waals surface area contributed by atoms with E-state index in [9.17, 15) is 13.6 Å². The van der Waals surface area contributed by atoms with Crippen LogP contribution in [0.2, 0.25) is 0 Å². The van der Waals surface area contributed by atoms with E-state index in [0.717, 1.165) is 19.3 Å². The number of rotatable bonds is 2. The van der Waals surface area contributed by atoms with E-state index in [0.29, 0.717) is 12.8 Å². The summed E-state index contributed by atoms with van der Waals surface area (Å²) >= 11 is 0. The smallest absolute Gasteiger partial charge is 0.312 e. The van der Waals surface area contributed by atoms with Crippen LogP contribution < -0.4 is 0 Å². The van der Waals surface area contributed by atoms with Crippen molar-refractivity contribution < 1.29 is 18.3 Å². The minimum absolute atomic E-state index is 0.0730. The summed E-state index contributed by atoms with van der Waals surface area (Å²) in [7, 11) is 1.39. The number of ether oxygens (including phenoxy) is 1. The topological polar surface area (TPSA) is 26.3 Å². The van der Waals surface area contributed by atoms with Gasteiger partial charge in [-0.3, -0.25) is 4.79 Å². The van der Waals surface area contributed by atoms with Crippen molar-refractivity contribution in [3.05, 3.63) is 0 Å². The van der Waals surface area contributed by atoms with Crippen molar-refractivity contribution >= 4 is 5.97 Å². The van der Waals surface area contributed by atoms with E-state index in [2.05, 4.69) is 0 Å². The van der Waals surface area contributed by atoms with Gasteiger partial charge >= 0.3 is 5.97 Å². The summed E-state index contributed by atoms with van der Waals surface area (Å²) in [5, 5.41) is 0. The SMILES string of the molecule is COC(=O)C1(C2CCC(F)(F)CC2)CCC1. The van der Waals surface area contributed by atoms with E-state index in [1.54, 1.807) is 0 Å². The van der Waals surface area contributed by atoms with Gasteiger partial charge in [0.15, 0.2) is 0 Å². The maximum atomic E-state index is 13.1. The molecule has 0 spiro atoms. The molecule has 2 saturated carbocycles. The molecular formula is C12H18F2O2. The molecule has 0 N–H and O–H groups in total. The van der Waals surface area contributed by atoms with Crippen LogP contribution in [0.25, 0.3) is 0 Å². The molecule has 0 unspecified atom stereocenters. The second-order valence-corrected chi connectivity index (χ2v) is 5.13. The molecule has 92 valence electrons. The minimum atomic E-state index is -2.52. The normalized spacial score (nSPS) is 28.2. The van der Waals surface area contributed by atoms with Gasteiger partial charge in [-0.15, -0.1) is 0 Å². The number of methoxy groups -OCH3 is 1. The Morgan fingerprint density at radius 1 is 1.19 bits per heavy atom. The third-order valence-corrected chi connectivity index (χ3v) is 4.34. The van der Waals surface area contributed by atoms with E-state index in [-0.39, 0.29) is 24.7 Å². The predicted octanol–water partition coefficient (Wildman–Crippen LogP) is 3.16. The van der Waals surface area contributed by atoms with Crippen LogP contribution in [-0.2, 0) is 9.53 Å². The molecule has 2 aliphatic carbocycles. The monoisotopic (exact) mass is 232 g/mol. The van der Waals surface area contributed by atoms with Gasteiger partial charge in [-0.2, -0.15) is 0 Å². The van der Waals surface area contributed by atoms with Crippen LogP contribution in [0.3, 0.4) is 0 Å². The molecule has 0 bridgehead atoms. The van der Waals surface area contributed by atoms with Gasteiger partial charge < -0.3 is 4.74 Å². The Hall–Kier alpha value is -0.670. The average Bonchev–Trinajstić information content (AvgIpc) is 2.18. The highest BCUT2D eigenvalue weighted by Gasteiger charge is 2.53. The van der Waals surface area contributed by atoms with Crippen molar-refractivity contribution in [2.24, 2.45) is 11.3 Å². The fourth-order valence-electron chi connectivity index (χ4n) is 3.13. The standard InChI is InChI=1S/C12H18F2O2/c1-16-10(15)11(5-2-6-11)9-3-7-12(13,14)8-4-9/h9H,2-8H2,1H3. The maximum absolute atomic E-state index is 13.1. The number of alkyl halides is 2. The number of halogens is 2. The quantitative estimate of drug-likeness (QED) is 0.683. The van der Waals surface area contributed by atoms with Gasteiger partial charge in [-0.1, -0.05) is 6.42 Å². The van der Waals surface area contributed by atoms with Crippen molar-refractivity contribution in [3.8, 4) is 0 Å². The maximum Gasteiger partial charge on any atom is 0.312 e. The van der Waals surface area contributed by atoms with Crippen molar-refractivity contribution in [3.63, 3.8) is 0 Å². The van der Waals surface area contributed by atoms with E-state index in [4.69, 9.17) is 4.74 Å². The first kappa shape index (κ1) is 11.8. The number of esters is 1. The first-order valence-electron chi connectivity index (χ1n) is 5.96. The zero-order valence-corrected chi connectivity index (χ0v) is 9.60. The number of hydrogen-bond donors (Lipinski definition) is 0. The highest BCUT2D eigenvalue weighted by Crippen LogP contribution is 2.54. The summed E-state index contributed by atoms with van der Waals surface area (Å²) < 4.78 is 30.9. The Balaban J connectivity index is 2.04. The lowest BCUT2D eigenvalue weighted by atomic mass is 9.57. The summed E-state index contributed by atoms with van der Waals surface area (Å²) in [6, 6.07) is 0. The number of hydrogen-bond acceptors (Lipinski definition) is 2. The van der Waals surface area contributed by atoms with Gasteiger partial charge in [-0.05, 0) is 31.6 Å². The molecule has 0 saturated heterocycles. The van der Waals surface area contributed by atoms with Crippen molar-refractivity contribution in [1.82, 2.24) is 0 Å². The summed E-state index contributed by atoms with van der Waals surface area (Å²) in [5.41, 5.74) is -0.425. The molecule has 0 heterocycles. The highest BCUT2D eigenvalue weighted by molar-refractivity contribution is 5.78. The Morgan fingerprint density at radius 2 is 1.75 bits per heavy atom. The van der Waals surface area contributed by atoms with E-state index >= 15 is 0 Å². The fraction of sp³-hybridized carbons (Fsp3) is 0.917. The van der Waals surface area contributed by atoms with Crippen molar-refractivity contribution in [2.45, 2.75) is 50.9 Å². The molecule has 2 rings (SSSR count). The van der Waals surface area contributed by atoms with E-state index in [1.165, 1.54) is 7.11 Å². The molecule has 0 aliphatic heterocycles. The lowest BCUT2D eigenvalue weighted by Gasteiger charge is -2.47. The third kappa shape index (κ3) is 1.82. The molecule has 0 aromatic carbocycles. The Labute approximate surface area is 94.3 Å². The van der Waals surface area contributed by atoms with Crippen LogP contribution in [0.1, 0.15) is 44.9 Å². The summed E-state index contributed by atoms with van der Waals surface area (Å²) in [6.45, 7) is 0. The lowest BCUT2D eigenvalue weighted by molar-refractivity contribution is -0.168. The lowest BCUT2D eigenvalue weighted by Crippen LogP contribution is -2.47. The van der Waals surface area contributed by atoms with Crippen LogP contribution in [0, 0.1) is 11.3 Å². The third-order valence-electron chi connectivity index (χ3n) is 4.34.